The summed E-state index contributed by atoms with van der Waals surface area (Å²) in [7, 11) is 1.34. The fourth-order valence-electron chi connectivity index (χ4n) is 3.00. The van der Waals surface area contributed by atoms with E-state index in [9.17, 15) is 13.6 Å². The molecule has 0 aliphatic heterocycles. The third kappa shape index (κ3) is 5.18. The van der Waals surface area contributed by atoms with Crippen LogP contribution in [-0.2, 0) is 22.5 Å². The second-order valence-corrected chi connectivity index (χ2v) is 6.18. The normalized spacial score (nSPS) is 12.9. The molecule has 1 aliphatic carbocycles. The molecule has 0 saturated carbocycles. The Balaban J connectivity index is 1.50. The van der Waals surface area contributed by atoms with Gasteiger partial charge >= 0.3 is 6.61 Å². The molecule has 0 unspecified atom stereocenters. The summed E-state index contributed by atoms with van der Waals surface area (Å²) in [6.45, 7) is -3.20. The third-order valence-electron chi connectivity index (χ3n) is 4.26. The molecule has 0 heterocycles. The van der Waals surface area contributed by atoms with Gasteiger partial charge in [-0.3, -0.25) is 4.79 Å². The van der Waals surface area contributed by atoms with Crippen molar-refractivity contribution < 1.29 is 27.9 Å². The number of fused-ring (bicyclic) bond motifs is 1. The number of nitrogens with zero attached hydrogens (tertiary/aromatic N) is 1. The van der Waals surface area contributed by atoms with Crippen LogP contribution in [0.3, 0.4) is 0 Å². The number of benzene rings is 2. The van der Waals surface area contributed by atoms with Gasteiger partial charge in [-0.1, -0.05) is 11.2 Å². The monoisotopic (exact) mass is 390 g/mol. The summed E-state index contributed by atoms with van der Waals surface area (Å²) in [6.07, 6.45) is 4.60. The highest BCUT2D eigenvalue weighted by atomic mass is 19.3. The number of alkyl halides is 2. The number of hydrogen-bond acceptors (Lipinski definition) is 5. The van der Waals surface area contributed by atoms with Crippen LogP contribution in [-0.4, -0.2) is 32.4 Å². The van der Waals surface area contributed by atoms with E-state index in [2.05, 4.69) is 15.2 Å². The average Bonchev–Trinajstić information content (AvgIpc) is 3.13. The van der Waals surface area contributed by atoms with Crippen LogP contribution in [0, 0.1) is 0 Å². The van der Waals surface area contributed by atoms with Crippen molar-refractivity contribution in [2.24, 2.45) is 5.16 Å². The fraction of sp³-hybridized carbons (Fsp3) is 0.300. The number of carbonyl (C=O) groups is 1. The Bertz CT molecular complexity index is 871. The topological polar surface area (TPSA) is 69.2 Å². The molecular formula is C20H20F2N2O4. The standard InChI is InChI=1S/C20H20F2N2O4/c1-26-18-9-13(5-8-17(18)28-20(21)22)11-23-27-12-19(25)24-16-7-6-14-3-2-4-15(14)10-16/h5-11,20H,2-4,12H2,1H3,(H,24,25)/b23-11-. The number of hydrogen-bond donors (Lipinski definition) is 1. The molecule has 8 heteroatoms. The van der Waals surface area contributed by atoms with Crippen molar-refractivity contribution in [1.82, 2.24) is 0 Å². The minimum atomic E-state index is -2.94. The largest absolute Gasteiger partial charge is 0.493 e. The zero-order valence-electron chi connectivity index (χ0n) is 15.3. The molecule has 28 heavy (non-hydrogen) atoms. The van der Waals surface area contributed by atoms with Gasteiger partial charge in [0, 0.05) is 11.3 Å². The van der Waals surface area contributed by atoms with E-state index in [-0.39, 0.29) is 24.0 Å². The highest BCUT2D eigenvalue weighted by molar-refractivity contribution is 5.92. The van der Waals surface area contributed by atoms with Crippen LogP contribution >= 0.6 is 0 Å². The molecule has 0 bridgehead atoms. The summed E-state index contributed by atoms with van der Waals surface area (Å²) in [5.41, 5.74) is 3.87. The summed E-state index contributed by atoms with van der Waals surface area (Å²) in [4.78, 5) is 17.0. The first-order valence-electron chi connectivity index (χ1n) is 8.75. The quantitative estimate of drug-likeness (QED) is 0.550. The predicted molar refractivity (Wildman–Crippen MR) is 100 cm³/mol. The number of aryl methyl sites for hydroxylation is 2. The maximum Gasteiger partial charge on any atom is 0.387 e. The van der Waals surface area contributed by atoms with Gasteiger partial charge in [-0.15, -0.1) is 0 Å². The summed E-state index contributed by atoms with van der Waals surface area (Å²) in [5.74, 6) is -0.267. The van der Waals surface area contributed by atoms with Crippen LogP contribution in [0.25, 0.3) is 0 Å². The molecule has 1 amide bonds. The number of halogens is 2. The average molecular weight is 390 g/mol. The lowest BCUT2D eigenvalue weighted by Crippen LogP contribution is -2.17. The van der Waals surface area contributed by atoms with Crippen LogP contribution < -0.4 is 14.8 Å². The molecule has 2 aromatic carbocycles. The van der Waals surface area contributed by atoms with E-state index in [0.29, 0.717) is 5.56 Å². The lowest BCUT2D eigenvalue weighted by molar-refractivity contribution is -0.120. The molecule has 0 radical (unpaired) electrons. The lowest BCUT2D eigenvalue weighted by atomic mass is 10.1. The predicted octanol–water partition coefficient (Wildman–Crippen LogP) is 3.77. The Labute approximate surface area is 161 Å². The first-order valence-corrected chi connectivity index (χ1v) is 8.75. The van der Waals surface area contributed by atoms with Crippen molar-refractivity contribution in [3.63, 3.8) is 0 Å². The van der Waals surface area contributed by atoms with Crippen LogP contribution in [0.4, 0.5) is 14.5 Å². The van der Waals surface area contributed by atoms with Crippen molar-refractivity contribution >= 4 is 17.8 Å². The second kappa shape index (κ2) is 9.16. The summed E-state index contributed by atoms with van der Waals surface area (Å²) >= 11 is 0. The highest BCUT2D eigenvalue weighted by Crippen LogP contribution is 2.29. The zero-order valence-corrected chi connectivity index (χ0v) is 15.3. The van der Waals surface area contributed by atoms with E-state index in [1.807, 2.05) is 18.2 Å². The Morgan fingerprint density at radius 3 is 2.79 bits per heavy atom. The number of amides is 1. The first-order chi connectivity index (χ1) is 13.5. The Morgan fingerprint density at radius 1 is 1.18 bits per heavy atom. The van der Waals surface area contributed by atoms with Crippen LogP contribution in [0.1, 0.15) is 23.1 Å². The molecule has 6 nitrogen and oxygen atoms in total. The number of anilines is 1. The fourth-order valence-corrected chi connectivity index (χ4v) is 3.00. The maximum atomic E-state index is 12.3. The summed E-state index contributed by atoms with van der Waals surface area (Å²) in [6, 6.07) is 10.2. The first kappa shape index (κ1) is 19.6. The van der Waals surface area contributed by atoms with Gasteiger partial charge in [0.05, 0.1) is 13.3 Å². The number of oxime groups is 1. The van der Waals surface area contributed by atoms with Crippen molar-refractivity contribution in [2.75, 3.05) is 19.0 Å². The minimum absolute atomic E-state index is 0.0794. The smallest absolute Gasteiger partial charge is 0.387 e. The highest BCUT2D eigenvalue weighted by Gasteiger charge is 2.12. The molecular weight excluding hydrogens is 370 g/mol. The number of ether oxygens (including phenoxy) is 2. The van der Waals surface area contributed by atoms with E-state index < -0.39 is 6.61 Å². The second-order valence-electron chi connectivity index (χ2n) is 6.18. The van der Waals surface area contributed by atoms with Gasteiger partial charge in [-0.2, -0.15) is 8.78 Å². The Kier molecular flexibility index (Phi) is 6.41. The third-order valence-corrected chi connectivity index (χ3v) is 4.26. The molecule has 0 aromatic heterocycles. The minimum Gasteiger partial charge on any atom is -0.493 e. The summed E-state index contributed by atoms with van der Waals surface area (Å²) in [5, 5.41) is 6.49. The Hall–Kier alpha value is -3.16. The van der Waals surface area contributed by atoms with Gasteiger partial charge in [0.1, 0.15) is 0 Å². The van der Waals surface area contributed by atoms with Crippen molar-refractivity contribution in [3.05, 3.63) is 53.1 Å². The van der Waals surface area contributed by atoms with Crippen molar-refractivity contribution in [1.29, 1.82) is 0 Å². The van der Waals surface area contributed by atoms with E-state index >= 15 is 0 Å². The van der Waals surface area contributed by atoms with Crippen LogP contribution in [0.15, 0.2) is 41.6 Å². The molecule has 1 N–H and O–H groups in total. The van der Waals surface area contributed by atoms with E-state index in [1.165, 1.54) is 42.7 Å². The number of methoxy groups -OCH3 is 1. The van der Waals surface area contributed by atoms with Crippen LogP contribution in [0.5, 0.6) is 11.5 Å². The van der Waals surface area contributed by atoms with Crippen LogP contribution in [0.2, 0.25) is 0 Å². The molecule has 0 saturated heterocycles. The van der Waals surface area contributed by atoms with Gasteiger partial charge in [0.25, 0.3) is 5.91 Å². The van der Waals surface area contributed by atoms with Gasteiger partial charge in [0.15, 0.2) is 18.1 Å². The van der Waals surface area contributed by atoms with Crippen molar-refractivity contribution in [2.45, 2.75) is 25.9 Å². The zero-order chi connectivity index (χ0) is 19.9. The van der Waals surface area contributed by atoms with E-state index in [0.717, 1.165) is 24.9 Å². The van der Waals surface area contributed by atoms with E-state index in [1.54, 1.807) is 0 Å². The molecule has 3 rings (SSSR count). The molecule has 2 aromatic rings. The summed E-state index contributed by atoms with van der Waals surface area (Å²) < 4.78 is 34.0. The van der Waals surface area contributed by atoms with Gasteiger partial charge < -0.3 is 19.6 Å². The van der Waals surface area contributed by atoms with E-state index in [4.69, 9.17) is 9.57 Å². The van der Waals surface area contributed by atoms with Gasteiger partial charge in [-0.05, 0) is 60.7 Å². The lowest BCUT2D eigenvalue weighted by Gasteiger charge is -2.10. The molecule has 0 fully saturated rings. The number of rotatable bonds is 8. The van der Waals surface area contributed by atoms with Gasteiger partial charge in [0.2, 0.25) is 0 Å². The molecule has 0 atom stereocenters. The molecule has 1 aliphatic rings. The maximum absolute atomic E-state index is 12.3. The number of carbonyl (C=O) groups excluding carboxylic acids is 1. The Morgan fingerprint density at radius 2 is 2.00 bits per heavy atom. The van der Waals surface area contributed by atoms with Gasteiger partial charge in [-0.25, -0.2) is 0 Å². The number of nitrogens with one attached hydrogen (secondary N) is 1. The molecule has 148 valence electrons. The molecule has 0 spiro atoms. The SMILES string of the molecule is COc1cc(/C=N\OCC(=O)Nc2ccc3c(c2)CCC3)ccc1OC(F)F. The van der Waals surface area contributed by atoms with Crippen molar-refractivity contribution in [3.8, 4) is 11.5 Å².